The van der Waals surface area contributed by atoms with Gasteiger partial charge in [0.25, 0.3) is 0 Å². The summed E-state index contributed by atoms with van der Waals surface area (Å²) in [5.41, 5.74) is 0. The van der Waals surface area contributed by atoms with Crippen LogP contribution in [0.5, 0.6) is 0 Å². The lowest BCUT2D eigenvalue weighted by Crippen LogP contribution is -2.50. The molecule has 0 aromatic carbocycles. The van der Waals surface area contributed by atoms with E-state index in [1.54, 1.807) is 28.4 Å². The largest absolute Gasteiger partial charge is 0.480 e. The maximum absolute atomic E-state index is 12.7. The summed E-state index contributed by atoms with van der Waals surface area (Å²) in [5.74, 6) is 0.987. The second-order valence-electron chi connectivity index (χ2n) is 5.42. The number of hydrogen-bond donors (Lipinski definition) is 1. The topological polar surface area (TPSA) is 57.6 Å². The number of thioether (sulfide) groups is 2. The number of hydrogen-bond acceptors (Lipinski definition) is 4. The van der Waals surface area contributed by atoms with Gasteiger partial charge in [-0.2, -0.15) is 0 Å². The van der Waals surface area contributed by atoms with E-state index in [0.717, 1.165) is 18.6 Å². The van der Waals surface area contributed by atoms with Gasteiger partial charge in [0.1, 0.15) is 6.04 Å². The highest BCUT2D eigenvalue weighted by atomic mass is 32.2. The third kappa shape index (κ3) is 3.21. The number of rotatable bonds is 3. The molecule has 19 heavy (non-hydrogen) atoms. The number of carbonyl (C=O) groups excluding carboxylic acids is 1. The number of carboxylic acid groups (broad SMARTS) is 1. The lowest BCUT2D eigenvalue weighted by Gasteiger charge is -2.33. The van der Waals surface area contributed by atoms with E-state index in [9.17, 15) is 14.7 Å². The van der Waals surface area contributed by atoms with E-state index in [2.05, 4.69) is 13.8 Å². The molecule has 4 nitrogen and oxygen atoms in total. The SMILES string of the molecule is CC(C)C1SCC(C(=O)O)N1C(=O)C1CCCCS1. The summed E-state index contributed by atoms with van der Waals surface area (Å²) in [7, 11) is 0. The van der Waals surface area contributed by atoms with Gasteiger partial charge in [-0.1, -0.05) is 20.3 Å². The van der Waals surface area contributed by atoms with E-state index in [1.807, 2.05) is 0 Å². The number of aliphatic carboxylic acids is 1. The smallest absolute Gasteiger partial charge is 0.327 e. The Morgan fingerprint density at radius 2 is 2.00 bits per heavy atom. The highest BCUT2D eigenvalue weighted by Gasteiger charge is 2.44. The van der Waals surface area contributed by atoms with Crippen LogP contribution in [0.4, 0.5) is 0 Å². The molecule has 0 radical (unpaired) electrons. The monoisotopic (exact) mass is 303 g/mol. The lowest BCUT2D eigenvalue weighted by atomic mass is 10.1. The summed E-state index contributed by atoms with van der Waals surface area (Å²) in [6, 6.07) is -0.646. The van der Waals surface area contributed by atoms with Crippen LogP contribution in [0.15, 0.2) is 0 Å². The summed E-state index contributed by atoms with van der Waals surface area (Å²) in [5, 5.41) is 9.29. The third-order valence-corrected chi connectivity index (χ3v) is 6.59. The van der Waals surface area contributed by atoms with Crippen LogP contribution < -0.4 is 0 Å². The van der Waals surface area contributed by atoms with E-state index in [1.165, 1.54) is 6.42 Å². The molecule has 0 aliphatic carbocycles. The molecule has 2 aliphatic rings. The van der Waals surface area contributed by atoms with Gasteiger partial charge in [0.05, 0.1) is 10.6 Å². The van der Waals surface area contributed by atoms with Crippen LogP contribution in [0.3, 0.4) is 0 Å². The highest BCUT2D eigenvalue weighted by molar-refractivity contribution is 8.01. The van der Waals surface area contributed by atoms with Gasteiger partial charge in [-0.15, -0.1) is 23.5 Å². The Morgan fingerprint density at radius 3 is 2.53 bits per heavy atom. The quantitative estimate of drug-likeness (QED) is 0.867. The standard InChI is InChI=1S/C13H21NO3S2/c1-8(2)12-14(9(7-19-12)13(16)17)11(15)10-5-3-4-6-18-10/h8-10,12H,3-7H2,1-2H3,(H,16,17). The Hall–Kier alpha value is -0.360. The zero-order chi connectivity index (χ0) is 14.0. The average molecular weight is 303 g/mol. The van der Waals surface area contributed by atoms with E-state index >= 15 is 0 Å². The predicted octanol–water partition coefficient (Wildman–Crippen LogP) is 2.28. The van der Waals surface area contributed by atoms with Crippen molar-refractivity contribution in [3.05, 3.63) is 0 Å². The molecule has 3 atom stereocenters. The summed E-state index contributed by atoms with van der Waals surface area (Å²) < 4.78 is 0. The van der Waals surface area contributed by atoms with E-state index in [-0.39, 0.29) is 22.4 Å². The molecule has 0 bridgehead atoms. The highest BCUT2D eigenvalue weighted by Crippen LogP contribution is 2.37. The molecule has 3 unspecified atom stereocenters. The lowest BCUT2D eigenvalue weighted by molar-refractivity contribution is -0.149. The Bertz CT molecular complexity index is 356. The van der Waals surface area contributed by atoms with Crippen molar-refractivity contribution in [1.82, 2.24) is 4.90 Å². The summed E-state index contributed by atoms with van der Waals surface area (Å²) >= 11 is 3.29. The Labute approximate surface area is 122 Å². The molecular weight excluding hydrogens is 282 g/mol. The first-order valence-electron chi connectivity index (χ1n) is 6.80. The molecule has 6 heteroatoms. The average Bonchev–Trinajstić information content (AvgIpc) is 2.83. The zero-order valence-corrected chi connectivity index (χ0v) is 13.0. The fourth-order valence-electron chi connectivity index (χ4n) is 2.61. The fourth-order valence-corrected chi connectivity index (χ4v) is 5.34. The van der Waals surface area contributed by atoms with Crippen LogP contribution in [0, 0.1) is 5.92 Å². The summed E-state index contributed by atoms with van der Waals surface area (Å²) in [4.78, 5) is 25.7. The molecule has 1 amide bonds. The van der Waals surface area contributed by atoms with Gasteiger partial charge in [-0.05, 0) is 24.5 Å². The molecule has 2 fully saturated rings. The minimum absolute atomic E-state index is 0.0103. The second-order valence-corrected chi connectivity index (χ2v) is 7.88. The minimum atomic E-state index is -0.871. The molecular formula is C13H21NO3S2. The van der Waals surface area contributed by atoms with Crippen molar-refractivity contribution in [1.29, 1.82) is 0 Å². The maximum atomic E-state index is 12.7. The van der Waals surface area contributed by atoms with Gasteiger partial charge in [0, 0.05) is 5.75 Å². The van der Waals surface area contributed by atoms with Crippen molar-refractivity contribution >= 4 is 35.4 Å². The normalized spacial score (nSPS) is 31.7. The van der Waals surface area contributed by atoms with Gasteiger partial charge < -0.3 is 10.0 Å². The Kier molecular flexibility index (Phi) is 5.06. The molecule has 0 spiro atoms. The molecule has 108 valence electrons. The zero-order valence-electron chi connectivity index (χ0n) is 11.4. The summed E-state index contributed by atoms with van der Waals surface area (Å²) in [6.07, 6.45) is 3.13. The van der Waals surface area contributed by atoms with Crippen LogP contribution in [-0.2, 0) is 9.59 Å². The molecule has 0 aromatic heterocycles. The van der Waals surface area contributed by atoms with Crippen LogP contribution in [0.1, 0.15) is 33.1 Å². The molecule has 2 saturated heterocycles. The fraction of sp³-hybridized carbons (Fsp3) is 0.846. The van der Waals surface area contributed by atoms with Crippen molar-refractivity contribution in [3.63, 3.8) is 0 Å². The van der Waals surface area contributed by atoms with Gasteiger partial charge in [-0.25, -0.2) is 4.79 Å². The van der Waals surface area contributed by atoms with Gasteiger partial charge in [0.15, 0.2) is 0 Å². The van der Waals surface area contributed by atoms with Crippen molar-refractivity contribution in [2.45, 2.75) is 49.8 Å². The number of carboxylic acids is 1. The first-order chi connectivity index (χ1) is 9.02. The van der Waals surface area contributed by atoms with Gasteiger partial charge >= 0.3 is 5.97 Å². The number of amides is 1. The van der Waals surface area contributed by atoms with Gasteiger partial charge in [-0.3, -0.25) is 4.79 Å². The van der Waals surface area contributed by atoms with Crippen LogP contribution in [0.2, 0.25) is 0 Å². The van der Waals surface area contributed by atoms with Gasteiger partial charge in [0.2, 0.25) is 5.91 Å². The molecule has 2 aliphatic heterocycles. The Balaban J connectivity index is 2.15. The molecule has 0 saturated carbocycles. The van der Waals surface area contributed by atoms with Crippen molar-refractivity contribution in [2.24, 2.45) is 5.92 Å². The van der Waals surface area contributed by atoms with E-state index in [4.69, 9.17) is 0 Å². The van der Waals surface area contributed by atoms with Crippen LogP contribution in [0.25, 0.3) is 0 Å². The Morgan fingerprint density at radius 1 is 1.26 bits per heavy atom. The van der Waals surface area contributed by atoms with Crippen molar-refractivity contribution in [3.8, 4) is 0 Å². The maximum Gasteiger partial charge on any atom is 0.327 e. The third-order valence-electron chi connectivity index (χ3n) is 3.60. The van der Waals surface area contributed by atoms with Crippen LogP contribution >= 0.6 is 23.5 Å². The minimum Gasteiger partial charge on any atom is -0.480 e. The number of carbonyl (C=O) groups is 2. The van der Waals surface area contributed by atoms with Crippen molar-refractivity contribution in [2.75, 3.05) is 11.5 Å². The van der Waals surface area contributed by atoms with E-state index < -0.39 is 12.0 Å². The molecule has 2 rings (SSSR count). The molecule has 2 heterocycles. The second kappa shape index (κ2) is 6.39. The predicted molar refractivity (Wildman–Crippen MR) is 79.5 cm³/mol. The van der Waals surface area contributed by atoms with Crippen molar-refractivity contribution < 1.29 is 14.7 Å². The van der Waals surface area contributed by atoms with E-state index in [0.29, 0.717) is 5.75 Å². The number of nitrogens with zero attached hydrogens (tertiary/aromatic N) is 1. The molecule has 0 aromatic rings. The first-order valence-corrected chi connectivity index (χ1v) is 8.90. The first kappa shape index (κ1) is 15.0. The molecule has 1 N–H and O–H groups in total. The summed E-state index contributed by atoms with van der Waals surface area (Å²) in [6.45, 7) is 4.10. The van der Waals surface area contributed by atoms with Crippen LogP contribution in [-0.4, -0.2) is 50.1 Å².